The summed E-state index contributed by atoms with van der Waals surface area (Å²) in [6, 6.07) is 6.62. The van der Waals surface area contributed by atoms with Crippen LogP contribution in [0.1, 0.15) is 5.56 Å². The Balaban J connectivity index is 2.61. The first-order valence-corrected chi connectivity index (χ1v) is 5.17. The molecule has 0 aliphatic heterocycles. The van der Waals surface area contributed by atoms with Crippen LogP contribution in [0.2, 0.25) is 0 Å². The van der Waals surface area contributed by atoms with Gasteiger partial charge in [-0.25, -0.2) is 4.57 Å². The molecule has 0 spiro atoms. The highest BCUT2D eigenvalue weighted by Crippen LogP contribution is 2.43. The number of anilines is 1. The van der Waals surface area contributed by atoms with E-state index in [1.165, 1.54) is 6.08 Å². The van der Waals surface area contributed by atoms with Crippen molar-refractivity contribution in [3.63, 3.8) is 0 Å². The Morgan fingerprint density at radius 1 is 1.43 bits per heavy atom. The van der Waals surface area contributed by atoms with Gasteiger partial charge in [-0.05, 0) is 23.8 Å². The molecule has 0 amide bonds. The summed E-state index contributed by atoms with van der Waals surface area (Å²) in [7, 11) is -4.92. The minimum absolute atomic E-state index is 0.599. The molecule has 1 aromatic carbocycles. The smallest absolute Gasteiger partial charge is 0.409 e. The Morgan fingerprint density at radius 2 is 2.00 bits per heavy atom. The average molecular weight is 217 g/mol. The predicted octanol–water partition coefficient (Wildman–Crippen LogP) is 2.33. The van der Waals surface area contributed by atoms with Crippen molar-refractivity contribution >= 4 is 19.7 Å². The summed E-state index contributed by atoms with van der Waals surface area (Å²) in [6.07, 6.45) is 2.17. The molecule has 1 aromatic rings. The first-order chi connectivity index (χ1) is 6.47. The minimum atomic E-state index is -4.92. The van der Waals surface area contributed by atoms with E-state index >= 15 is 0 Å². The lowest BCUT2D eigenvalue weighted by Gasteiger charge is -1.98. The number of rotatable bonds is 3. The lowest BCUT2D eigenvalue weighted by Crippen LogP contribution is -1.82. The molecule has 14 heavy (non-hydrogen) atoms. The highest BCUT2D eigenvalue weighted by atomic mass is 31.2. The van der Waals surface area contributed by atoms with Crippen molar-refractivity contribution in [2.45, 2.75) is 0 Å². The van der Waals surface area contributed by atoms with Crippen LogP contribution in [-0.4, -0.2) is 4.89 Å². The maximum absolute atomic E-state index is 12.0. The normalized spacial score (nSPS) is 15.3. The molecule has 0 radical (unpaired) electrons. The predicted molar refractivity (Wildman–Crippen MR) is 51.9 cm³/mol. The van der Waals surface area contributed by atoms with Gasteiger partial charge in [-0.15, -0.1) is 4.20 Å². The monoisotopic (exact) mass is 217 g/mol. The number of nitrogens with two attached hydrogens (primary N) is 1. The van der Waals surface area contributed by atoms with Crippen molar-refractivity contribution in [1.29, 1.82) is 0 Å². The molecular weight excluding hydrogens is 208 g/mol. The Morgan fingerprint density at radius 3 is 2.50 bits per heavy atom. The van der Waals surface area contributed by atoms with Gasteiger partial charge in [-0.2, -0.15) is 0 Å². The summed E-state index contributed by atoms with van der Waals surface area (Å²) >= 11 is 0. The van der Waals surface area contributed by atoms with E-state index in [1.54, 1.807) is 24.3 Å². The number of nitrogen functional groups attached to an aromatic ring is 1. The number of hydrogen-bond donors (Lipinski definition) is 2. The van der Waals surface area contributed by atoms with Crippen LogP contribution in [0.15, 0.2) is 30.5 Å². The third-order valence-electron chi connectivity index (χ3n) is 1.39. The molecule has 0 heterocycles. The van der Waals surface area contributed by atoms with E-state index in [9.17, 15) is 8.76 Å². The molecule has 0 fully saturated rings. The highest BCUT2D eigenvalue weighted by molar-refractivity contribution is 7.47. The van der Waals surface area contributed by atoms with Crippen molar-refractivity contribution < 1.29 is 18.2 Å². The third-order valence-corrected chi connectivity index (χ3v) is 1.77. The van der Waals surface area contributed by atoms with E-state index in [0.29, 0.717) is 11.3 Å². The van der Waals surface area contributed by atoms with Gasteiger partial charge in [0.2, 0.25) is 0 Å². The molecule has 1 atom stereocenters. The maximum Gasteiger partial charge on any atom is 0.566 e. The van der Waals surface area contributed by atoms with Crippen molar-refractivity contribution in [3.8, 4) is 0 Å². The summed E-state index contributed by atoms with van der Waals surface area (Å²) < 4.78 is 25.9. The van der Waals surface area contributed by atoms with Gasteiger partial charge >= 0.3 is 7.91 Å². The first kappa shape index (κ1) is 10.8. The standard InChI is InChI=1S/C8H9FNO3P/c9-14(11,12)13-6-5-7-1-3-8(10)4-2-7/h1-6H,10H2,(H,11,12). The average Bonchev–Trinajstić information content (AvgIpc) is 2.06. The van der Waals surface area contributed by atoms with Crippen LogP contribution < -0.4 is 5.73 Å². The Hall–Kier alpha value is -1.32. The van der Waals surface area contributed by atoms with Gasteiger partial charge in [0.25, 0.3) is 0 Å². The van der Waals surface area contributed by atoms with Crippen LogP contribution in [0.25, 0.3) is 6.08 Å². The molecule has 76 valence electrons. The molecule has 0 saturated heterocycles. The third kappa shape index (κ3) is 4.07. The van der Waals surface area contributed by atoms with Gasteiger partial charge in [0.15, 0.2) is 0 Å². The van der Waals surface area contributed by atoms with Gasteiger partial charge < -0.3 is 10.3 Å². The molecule has 1 unspecified atom stereocenters. The van der Waals surface area contributed by atoms with Crippen LogP contribution >= 0.6 is 7.91 Å². The molecule has 0 aliphatic rings. The molecule has 0 aromatic heterocycles. The molecule has 0 aliphatic carbocycles. The SMILES string of the molecule is Nc1ccc(C=COP(=O)(O)F)cc1. The second-order valence-corrected chi connectivity index (χ2v) is 3.64. The summed E-state index contributed by atoms with van der Waals surface area (Å²) in [4.78, 5) is 8.14. The fourth-order valence-corrected chi connectivity index (χ4v) is 1.00. The highest BCUT2D eigenvalue weighted by Gasteiger charge is 2.14. The molecule has 6 heteroatoms. The number of hydrogen-bond acceptors (Lipinski definition) is 3. The van der Waals surface area contributed by atoms with E-state index in [4.69, 9.17) is 10.6 Å². The Kier molecular flexibility index (Phi) is 3.28. The minimum Gasteiger partial charge on any atom is -0.409 e. The van der Waals surface area contributed by atoms with Crippen molar-refractivity contribution in [3.05, 3.63) is 36.1 Å². The summed E-state index contributed by atoms with van der Waals surface area (Å²) in [6.45, 7) is 0. The molecule has 0 bridgehead atoms. The molecule has 4 nitrogen and oxygen atoms in total. The molecule has 0 saturated carbocycles. The van der Waals surface area contributed by atoms with Crippen LogP contribution in [0.4, 0.5) is 9.88 Å². The van der Waals surface area contributed by atoms with Gasteiger partial charge in [0.1, 0.15) is 0 Å². The molecule has 3 N–H and O–H groups in total. The number of halogens is 1. The van der Waals surface area contributed by atoms with Crippen LogP contribution in [-0.2, 0) is 9.09 Å². The van der Waals surface area contributed by atoms with Crippen LogP contribution in [0.3, 0.4) is 0 Å². The summed E-state index contributed by atoms with van der Waals surface area (Å²) in [5.74, 6) is 0. The lowest BCUT2D eigenvalue weighted by molar-refractivity contribution is 0.303. The van der Waals surface area contributed by atoms with Crippen LogP contribution in [0, 0.1) is 0 Å². The van der Waals surface area contributed by atoms with E-state index < -0.39 is 7.91 Å². The summed E-state index contributed by atoms with van der Waals surface area (Å²) in [5, 5.41) is 0. The fraction of sp³-hybridized carbons (Fsp3) is 0. The summed E-state index contributed by atoms with van der Waals surface area (Å²) in [5.41, 5.74) is 6.71. The Labute approximate surface area is 80.5 Å². The van der Waals surface area contributed by atoms with E-state index in [2.05, 4.69) is 4.52 Å². The number of benzene rings is 1. The molecular formula is C8H9FNO3P. The van der Waals surface area contributed by atoms with Crippen LogP contribution in [0.5, 0.6) is 0 Å². The Bertz CT molecular complexity index is 371. The van der Waals surface area contributed by atoms with Crippen molar-refractivity contribution in [2.75, 3.05) is 5.73 Å². The topological polar surface area (TPSA) is 72.5 Å². The van der Waals surface area contributed by atoms with Gasteiger partial charge in [0.05, 0.1) is 6.26 Å². The van der Waals surface area contributed by atoms with Gasteiger partial charge in [-0.1, -0.05) is 12.1 Å². The largest absolute Gasteiger partial charge is 0.566 e. The maximum atomic E-state index is 12.0. The van der Waals surface area contributed by atoms with Gasteiger partial charge in [-0.3, -0.25) is 4.89 Å². The van der Waals surface area contributed by atoms with E-state index in [1.807, 2.05) is 0 Å². The lowest BCUT2D eigenvalue weighted by atomic mass is 10.2. The zero-order valence-electron chi connectivity index (χ0n) is 7.13. The second-order valence-electron chi connectivity index (χ2n) is 2.53. The molecule has 1 rings (SSSR count). The quantitative estimate of drug-likeness (QED) is 0.463. The van der Waals surface area contributed by atoms with Crippen molar-refractivity contribution in [2.24, 2.45) is 0 Å². The van der Waals surface area contributed by atoms with Gasteiger partial charge in [0, 0.05) is 5.69 Å². The fourth-order valence-electron chi connectivity index (χ4n) is 0.791. The van der Waals surface area contributed by atoms with E-state index in [-0.39, 0.29) is 0 Å². The first-order valence-electron chi connectivity index (χ1n) is 3.70. The van der Waals surface area contributed by atoms with E-state index in [0.717, 1.165) is 6.26 Å². The zero-order valence-corrected chi connectivity index (χ0v) is 8.02. The zero-order chi connectivity index (χ0) is 10.6. The van der Waals surface area contributed by atoms with Crippen molar-refractivity contribution in [1.82, 2.24) is 0 Å². The second kappa shape index (κ2) is 4.26.